The summed E-state index contributed by atoms with van der Waals surface area (Å²) in [6, 6.07) is 9.10. The van der Waals surface area contributed by atoms with E-state index < -0.39 is 5.82 Å². The van der Waals surface area contributed by atoms with Gasteiger partial charge >= 0.3 is 0 Å². The molecular weight excluding hydrogens is 407 g/mol. The number of benzene rings is 1. The fraction of sp³-hybridized carbons (Fsp3) is 0.375. The van der Waals surface area contributed by atoms with E-state index in [1.54, 1.807) is 16.8 Å². The van der Waals surface area contributed by atoms with Crippen molar-refractivity contribution in [2.45, 2.75) is 25.9 Å². The first-order valence-electron chi connectivity index (χ1n) is 11.2. The van der Waals surface area contributed by atoms with Crippen LogP contribution in [0, 0.1) is 5.82 Å². The lowest BCUT2D eigenvalue weighted by Gasteiger charge is -2.26. The van der Waals surface area contributed by atoms with E-state index in [4.69, 9.17) is 4.98 Å². The number of amides is 1. The van der Waals surface area contributed by atoms with Gasteiger partial charge in [-0.3, -0.25) is 9.69 Å². The van der Waals surface area contributed by atoms with Crippen molar-refractivity contribution < 1.29 is 9.18 Å². The van der Waals surface area contributed by atoms with Crippen LogP contribution in [-0.4, -0.2) is 61.0 Å². The summed E-state index contributed by atoms with van der Waals surface area (Å²) in [6.07, 6.45) is 4.93. The van der Waals surface area contributed by atoms with E-state index in [0.29, 0.717) is 22.4 Å². The summed E-state index contributed by atoms with van der Waals surface area (Å²) in [4.78, 5) is 26.5. The molecule has 1 amide bonds. The van der Waals surface area contributed by atoms with Crippen LogP contribution in [0.2, 0.25) is 0 Å². The van der Waals surface area contributed by atoms with Crippen molar-refractivity contribution in [2.24, 2.45) is 7.05 Å². The number of carbonyl (C=O) groups is 1. The third-order valence-corrected chi connectivity index (χ3v) is 6.58. The zero-order chi connectivity index (χ0) is 21.8. The van der Waals surface area contributed by atoms with Crippen LogP contribution in [0.5, 0.6) is 0 Å². The van der Waals surface area contributed by atoms with Crippen LogP contribution in [0.4, 0.5) is 4.39 Å². The SMILES string of the molecule is Cn1c(-c2cc3cccnc3n2CN2CC2)nc2cc(C(=O)N3CCCCC3)cc(F)c21. The van der Waals surface area contributed by atoms with Gasteiger partial charge in [-0.25, -0.2) is 14.4 Å². The zero-order valence-corrected chi connectivity index (χ0v) is 18.1. The Kier molecular flexibility index (Phi) is 4.50. The smallest absolute Gasteiger partial charge is 0.254 e. The summed E-state index contributed by atoms with van der Waals surface area (Å²) < 4.78 is 19.2. The van der Waals surface area contributed by atoms with Gasteiger partial charge in [0, 0.05) is 50.4 Å². The molecule has 4 aromatic rings. The molecule has 3 aromatic heterocycles. The van der Waals surface area contributed by atoms with Crippen molar-refractivity contribution in [1.29, 1.82) is 0 Å². The Hall–Kier alpha value is -3.26. The fourth-order valence-electron chi connectivity index (χ4n) is 4.76. The molecular formula is C24H25FN6O. The monoisotopic (exact) mass is 432 g/mol. The molecule has 0 aliphatic carbocycles. The molecule has 2 saturated heterocycles. The highest BCUT2D eigenvalue weighted by Crippen LogP contribution is 2.31. The van der Waals surface area contributed by atoms with Gasteiger partial charge in [-0.15, -0.1) is 0 Å². The molecule has 0 N–H and O–H groups in total. The number of imidazole rings is 1. The van der Waals surface area contributed by atoms with Crippen molar-refractivity contribution in [1.82, 2.24) is 28.9 Å². The molecule has 2 fully saturated rings. The maximum atomic E-state index is 15.2. The van der Waals surface area contributed by atoms with Crippen molar-refractivity contribution >= 4 is 28.0 Å². The summed E-state index contributed by atoms with van der Waals surface area (Å²) in [7, 11) is 1.83. The van der Waals surface area contributed by atoms with Crippen LogP contribution in [-0.2, 0) is 13.7 Å². The Morgan fingerprint density at radius 1 is 1.09 bits per heavy atom. The number of aryl methyl sites for hydroxylation is 1. The first kappa shape index (κ1) is 19.4. The molecule has 8 heteroatoms. The molecule has 0 saturated carbocycles. The fourth-order valence-corrected chi connectivity index (χ4v) is 4.76. The average molecular weight is 433 g/mol. The number of halogens is 1. The van der Waals surface area contributed by atoms with Gasteiger partial charge in [-0.2, -0.15) is 0 Å². The summed E-state index contributed by atoms with van der Waals surface area (Å²) in [5.41, 5.74) is 3.06. The van der Waals surface area contributed by atoms with E-state index >= 15 is 4.39 Å². The third-order valence-electron chi connectivity index (χ3n) is 6.58. The molecule has 6 rings (SSSR count). The van der Waals surface area contributed by atoms with Crippen LogP contribution in [0.3, 0.4) is 0 Å². The highest BCUT2D eigenvalue weighted by atomic mass is 19.1. The molecule has 5 heterocycles. The number of likely N-dealkylation sites (tertiary alicyclic amines) is 1. The van der Waals surface area contributed by atoms with E-state index in [9.17, 15) is 4.79 Å². The van der Waals surface area contributed by atoms with Gasteiger partial charge in [-0.1, -0.05) is 0 Å². The molecule has 1 aromatic carbocycles. The minimum absolute atomic E-state index is 0.113. The van der Waals surface area contributed by atoms with Gasteiger partial charge in [0.25, 0.3) is 5.91 Å². The number of hydrogen-bond acceptors (Lipinski definition) is 4. The predicted octanol–water partition coefficient (Wildman–Crippen LogP) is 3.63. The minimum atomic E-state index is -0.421. The maximum Gasteiger partial charge on any atom is 0.254 e. The number of nitrogens with zero attached hydrogens (tertiary/aromatic N) is 6. The number of piperidine rings is 1. The molecule has 2 aliphatic heterocycles. The number of fused-ring (bicyclic) bond motifs is 2. The Labute approximate surface area is 185 Å². The van der Waals surface area contributed by atoms with Gasteiger partial charge in [0.15, 0.2) is 5.82 Å². The van der Waals surface area contributed by atoms with E-state index in [1.165, 1.54) is 6.07 Å². The lowest BCUT2D eigenvalue weighted by atomic mass is 10.1. The van der Waals surface area contributed by atoms with Crippen molar-refractivity contribution in [3.05, 3.63) is 47.9 Å². The van der Waals surface area contributed by atoms with Gasteiger partial charge in [0.05, 0.1) is 17.9 Å². The Morgan fingerprint density at radius 2 is 1.91 bits per heavy atom. The summed E-state index contributed by atoms with van der Waals surface area (Å²) in [5.74, 6) is 0.134. The Bertz CT molecular complexity index is 1350. The normalized spacial score (nSPS) is 16.9. The first-order chi connectivity index (χ1) is 15.6. The van der Waals surface area contributed by atoms with Gasteiger partial charge in [-0.05, 0) is 49.6 Å². The second kappa shape index (κ2) is 7.41. The van der Waals surface area contributed by atoms with Crippen molar-refractivity contribution in [3.8, 4) is 11.5 Å². The Morgan fingerprint density at radius 3 is 2.69 bits per heavy atom. The molecule has 7 nitrogen and oxygen atoms in total. The topological polar surface area (TPSA) is 59.0 Å². The van der Waals surface area contributed by atoms with Crippen LogP contribution in [0.15, 0.2) is 36.5 Å². The number of pyridine rings is 1. The van der Waals surface area contributed by atoms with Crippen LogP contribution < -0.4 is 0 Å². The highest BCUT2D eigenvalue weighted by Gasteiger charge is 2.25. The summed E-state index contributed by atoms with van der Waals surface area (Å²) >= 11 is 0. The van der Waals surface area contributed by atoms with E-state index in [1.807, 2.05) is 24.1 Å². The molecule has 164 valence electrons. The Balaban J connectivity index is 1.47. The number of rotatable bonds is 4. The maximum absolute atomic E-state index is 15.2. The molecule has 32 heavy (non-hydrogen) atoms. The predicted molar refractivity (Wildman–Crippen MR) is 121 cm³/mol. The van der Waals surface area contributed by atoms with Crippen LogP contribution in [0.25, 0.3) is 33.6 Å². The molecule has 0 radical (unpaired) electrons. The summed E-state index contributed by atoms with van der Waals surface area (Å²) in [5, 5.41) is 1.03. The van der Waals surface area contributed by atoms with Crippen molar-refractivity contribution in [3.63, 3.8) is 0 Å². The lowest BCUT2D eigenvalue weighted by molar-refractivity contribution is 0.0724. The van der Waals surface area contributed by atoms with Crippen LogP contribution >= 0.6 is 0 Å². The molecule has 0 atom stereocenters. The molecule has 2 aliphatic rings. The van der Waals surface area contributed by atoms with Gasteiger partial charge in [0.1, 0.15) is 17.0 Å². The second-order valence-corrected chi connectivity index (χ2v) is 8.81. The number of aromatic nitrogens is 4. The third kappa shape index (κ3) is 3.17. The minimum Gasteiger partial charge on any atom is -0.339 e. The zero-order valence-electron chi connectivity index (χ0n) is 18.1. The summed E-state index contributed by atoms with van der Waals surface area (Å²) in [6.45, 7) is 4.31. The molecule has 0 unspecified atom stereocenters. The van der Waals surface area contributed by atoms with Crippen molar-refractivity contribution in [2.75, 3.05) is 26.2 Å². The number of hydrogen-bond donors (Lipinski definition) is 0. The number of carbonyl (C=O) groups excluding carboxylic acids is 1. The average Bonchev–Trinajstić information content (AvgIpc) is 3.48. The molecule has 0 bridgehead atoms. The van der Waals surface area contributed by atoms with Gasteiger partial charge < -0.3 is 14.0 Å². The first-order valence-corrected chi connectivity index (χ1v) is 11.2. The van der Waals surface area contributed by atoms with Crippen LogP contribution in [0.1, 0.15) is 29.6 Å². The standard InChI is InChI=1S/C24H25FN6O/c1-28-21-18(25)12-17(24(32)30-8-3-2-4-9-30)13-19(21)27-23(28)20-14-16-6-5-7-26-22(16)31(20)15-29-10-11-29/h5-7,12-14H,2-4,8-11,15H2,1H3. The lowest BCUT2D eigenvalue weighted by Crippen LogP contribution is -2.35. The molecule has 0 spiro atoms. The second-order valence-electron chi connectivity index (χ2n) is 8.81. The quantitative estimate of drug-likeness (QED) is 0.462. The van der Waals surface area contributed by atoms with Gasteiger partial charge in [0.2, 0.25) is 0 Å². The van der Waals surface area contributed by atoms with E-state index in [0.717, 1.165) is 68.8 Å². The largest absolute Gasteiger partial charge is 0.339 e. The van der Waals surface area contributed by atoms with E-state index in [2.05, 4.69) is 20.5 Å². The highest BCUT2D eigenvalue weighted by molar-refractivity contribution is 5.98. The van der Waals surface area contributed by atoms with E-state index in [-0.39, 0.29) is 5.91 Å².